The SMILES string of the molecule is CCCNCc1cnn(-c2ccc(C)nn2)c1C. The van der Waals surface area contributed by atoms with Crippen LogP contribution in [0.1, 0.15) is 30.3 Å². The molecule has 18 heavy (non-hydrogen) atoms. The second-order valence-electron chi connectivity index (χ2n) is 4.38. The standard InChI is InChI=1S/C13H19N5/c1-4-7-14-8-12-9-15-18(11(12)3)13-6-5-10(2)16-17-13/h5-6,9,14H,4,7-8H2,1-3H3. The maximum Gasteiger partial charge on any atom is 0.175 e. The van der Waals surface area contributed by atoms with Gasteiger partial charge in [0.05, 0.1) is 11.9 Å². The maximum atomic E-state index is 4.37. The molecule has 2 heterocycles. The van der Waals surface area contributed by atoms with Gasteiger partial charge in [0.1, 0.15) is 0 Å². The summed E-state index contributed by atoms with van der Waals surface area (Å²) >= 11 is 0. The summed E-state index contributed by atoms with van der Waals surface area (Å²) in [5.41, 5.74) is 3.22. The van der Waals surface area contributed by atoms with Gasteiger partial charge in [0.25, 0.3) is 0 Å². The third-order valence-corrected chi connectivity index (χ3v) is 2.85. The summed E-state index contributed by atoms with van der Waals surface area (Å²) in [6.45, 7) is 8.00. The molecular weight excluding hydrogens is 226 g/mol. The molecule has 0 spiro atoms. The van der Waals surface area contributed by atoms with Crippen LogP contribution in [0.4, 0.5) is 0 Å². The van der Waals surface area contributed by atoms with Crippen LogP contribution in [0, 0.1) is 13.8 Å². The topological polar surface area (TPSA) is 55.6 Å². The molecule has 0 fully saturated rings. The quantitative estimate of drug-likeness (QED) is 0.816. The average molecular weight is 245 g/mol. The molecule has 5 heteroatoms. The van der Waals surface area contributed by atoms with Crippen LogP contribution >= 0.6 is 0 Å². The summed E-state index contributed by atoms with van der Waals surface area (Å²) < 4.78 is 1.83. The maximum absolute atomic E-state index is 4.37. The second-order valence-corrected chi connectivity index (χ2v) is 4.38. The third-order valence-electron chi connectivity index (χ3n) is 2.85. The van der Waals surface area contributed by atoms with Crippen molar-refractivity contribution in [2.45, 2.75) is 33.7 Å². The lowest BCUT2D eigenvalue weighted by Crippen LogP contribution is -2.14. The summed E-state index contributed by atoms with van der Waals surface area (Å²) in [6.07, 6.45) is 3.02. The average Bonchev–Trinajstić information content (AvgIpc) is 2.73. The first-order valence-corrected chi connectivity index (χ1v) is 6.27. The molecule has 5 nitrogen and oxygen atoms in total. The van der Waals surface area contributed by atoms with E-state index >= 15 is 0 Å². The van der Waals surface area contributed by atoms with Gasteiger partial charge in [0.2, 0.25) is 0 Å². The second kappa shape index (κ2) is 5.73. The van der Waals surface area contributed by atoms with E-state index in [2.05, 4.69) is 34.5 Å². The number of nitrogens with one attached hydrogen (secondary N) is 1. The summed E-state index contributed by atoms with van der Waals surface area (Å²) in [4.78, 5) is 0. The molecule has 0 aliphatic rings. The van der Waals surface area contributed by atoms with Gasteiger partial charge < -0.3 is 5.32 Å². The molecule has 0 bridgehead atoms. The first kappa shape index (κ1) is 12.7. The number of aryl methyl sites for hydroxylation is 1. The summed E-state index contributed by atoms with van der Waals surface area (Å²) in [7, 11) is 0. The number of hydrogen-bond acceptors (Lipinski definition) is 4. The highest BCUT2D eigenvalue weighted by Gasteiger charge is 2.08. The minimum absolute atomic E-state index is 0.764. The van der Waals surface area contributed by atoms with Gasteiger partial charge >= 0.3 is 0 Å². The van der Waals surface area contributed by atoms with Crippen LogP contribution in [0.2, 0.25) is 0 Å². The molecule has 2 aromatic heterocycles. The fourth-order valence-electron chi connectivity index (χ4n) is 1.75. The molecule has 0 aromatic carbocycles. The Hall–Kier alpha value is -1.75. The Morgan fingerprint density at radius 3 is 2.72 bits per heavy atom. The van der Waals surface area contributed by atoms with Gasteiger partial charge in [-0.3, -0.25) is 0 Å². The lowest BCUT2D eigenvalue weighted by Gasteiger charge is -2.05. The number of nitrogens with zero attached hydrogens (tertiary/aromatic N) is 4. The summed E-state index contributed by atoms with van der Waals surface area (Å²) in [5, 5.41) is 15.9. The first-order valence-electron chi connectivity index (χ1n) is 6.27. The van der Waals surface area contributed by atoms with E-state index in [1.54, 1.807) is 0 Å². The van der Waals surface area contributed by atoms with Gasteiger partial charge in [0.15, 0.2) is 5.82 Å². The van der Waals surface area contributed by atoms with E-state index in [9.17, 15) is 0 Å². The predicted octanol–water partition coefficient (Wildman–Crippen LogP) is 1.78. The highest BCUT2D eigenvalue weighted by atomic mass is 15.3. The van der Waals surface area contributed by atoms with Crippen molar-refractivity contribution in [1.82, 2.24) is 25.3 Å². The van der Waals surface area contributed by atoms with Gasteiger partial charge in [-0.2, -0.15) is 10.2 Å². The van der Waals surface area contributed by atoms with Gasteiger partial charge in [-0.1, -0.05) is 6.92 Å². The van der Waals surface area contributed by atoms with E-state index in [-0.39, 0.29) is 0 Å². The fourth-order valence-corrected chi connectivity index (χ4v) is 1.75. The van der Waals surface area contributed by atoms with Crippen molar-refractivity contribution in [3.63, 3.8) is 0 Å². The number of rotatable bonds is 5. The van der Waals surface area contributed by atoms with Crippen molar-refractivity contribution >= 4 is 0 Å². The molecule has 0 aliphatic heterocycles. The van der Waals surface area contributed by atoms with Crippen molar-refractivity contribution in [2.75, 3.05) is 6.54 Å². The molecular formula is C13H19N5. The van der Waals surface area contributed by atoms with E-state index in [0.717, 1.165) is 36.7 Å². The number of hydrogen-bond donors (Lipinski definition) is 1. The molecule has 1 N–H and O–H groups in total. The Labute approximate surface area is 107 Å². The van der Waals surface area contributed by atoms with Gasteiger partial charge in [0, 0.05) is 17.8 Å². The van der Waals surface area contributed by atoms with Crippen LogP contribution in [-0.2, 0) is 6.54 Å². The molecule has 0 atom stereocenters. The zero-order valence-corrected chi connectivity index (χ0v) is 11.1. The monoisotopic (exact) mass is 245 g/mol. The van der Waals surface area contributed by atoms with Crippen molar-refractivity contribution < 1.29 is 0 Å². The molecule has 2 aromatic rings. The van der Waals surface area contributed by atoms with Crippen LogP contribution in [0.3, 0.4) is 0 Å². The highest BCUT2D eigenvalue weighted by molar-refractivity contribution is 5.27. The van der Waals surface area contributed by atoms with Crippen LogP contribution in [0.15, 0.2) is 18.3 Å². The van der Waals surface area contributed by atoms with Gasteiger partial charge in [-0.05, 0) is 38.9 Å². The Bertz CT molecular complexity index is 501. The lowest BCUT2D eigenvalue weighted by molar-refractivity contribution is 0.672. The largest absolute Gasteiger partial charge is 0.313 e. The van der Waals surface area contributed by atoms with E-state index in [1.807, 2.05) is 29.9 Å². The van der Waals surface area contributed by atoms with Crippen LogP contribution in [0.25, 0.3) is 5.82 Å². The van der Waals surface area contributed by atoms with Crippen LogP contribution in [-0.4, -0.2) is 26.5 Å². The first-order chi connectivity index (χ1) is 8.72. The Kier molecular flexibility index (Phi) is 4.04. The summed E-state index contributed by atoms with van der Waals surface area (Å²) in [5.74, 6) is 0.764. The van der Waals surface area contributed by atoms with Crippen molar-refractivity contribution in [2.24, 2.45) is 0 Å². The molecule has 0 unspecified atom stereocenters. The third kappa shape index (κ3) is 2.73. The normalized spacial score (nSPS) is 10.8. The highest BCUT2D eigenvalue weighted by Crippen LogP contribution is 2.11. The van der Waals surface area contributed by atoms with Gasteiger partial charge in [-0.15, -0.1) is 5.10 Å². The Morgan fingerprint density at radius 1 is 1.22 bits per heavy atom. The van der Waals surface area contributed by atoms with Crippen LogP contribution in [0.5, 0.6) is 0 Å². The molecule has 0 radical (unpaired) electrons. The van der Waals surface area contributed by atoms with E-state index in [0.29, 0.717) is 0 Å². The van der Waals surface area contributed by atoms with Gasteiger partial charge in [-0.25, -0.2) is 4.68 Å². The van der Waals surface area contributed by atoms with Crippen molar-refractivity contribution in [3.8, 4) is 5.82 Å². The lowest BCUT2D eigenvalue weighted by atomic mass is 10.2. The van der Waals surface area contributed by atoms with Crippen molar-refractivity contribution in [1.29, 1.82) is 0 Å². The Morgan fingerprint density at radius 2 is 2.06 bits per heavy atom. The fraction of sp³-hybridized carbons (Fsp3) is 0.462. The molecule has 0 saturated carbocycles. The van der Waals surface area contributed by atoms with Crippen molar-refractivity contribution in [3.05, 3.63) is 35.3 Å². The zero-order chi connectivity index (χ0) is 13.0. The molecule has 96 valence electrons. The zero-order valence-electron chi connectivity index (χ0n) is 11.1. The van der Waals surface area contributed by atoms with Crippen LogP contribution < -0.4 is 5.32 Å². The van der Waals surface area contributed by atoms with E-state index in [4.69, 9.17) is 0 Å². The molecule has 0 aliphatic carbocycles. The minimum atomic E-state index is 0.764. The van der Waals surface area contributed by atoms with E-state index in [1.165, 1.54) is 5.56 Å². The molecule has 0 amide bonds. The van der Waals surface area contributed by atoms with E-state index < -0.39 is 0 Å². The Balaban J connectivity index is 2.17. The smallest absolute Gasteiger partial charge is 0.175 e. The summed E-state index contributed by atoms with van der Waals surface area (Å²) in [6, 6.07) is 3.88. The predicted molar refractivity (Wildman–Crippen MR) is 70.6 cm³/mol. The minimum Gasteiger partial charge on any atom is -0.313 e. The number of aromatic nitrogens is 4. The molecule has 2 rings (SSSR count). The molecule has 0 saturated heterocycles.